The molecule has 0 aliphatic carbocycles. The van der Waals surface area contributed by atoms with Crippen molar-refractivity contribution in [2.45, 2.75) is 12.0 Å². The van der Waals surface area contributed by atoms with Crippen LogP contribution in [0, 0.1) is 11.7 Å². The van der Waals surface area contributed by atoms with Crippen molar-refractivity contribution in [2.75, 3.05) is 38.2 Å². The molecule has 0 unspecified atom stereocenters. The average molecular weight is 329 g/mol. The van der Waals surface area contributed by atoms with Crippen LogP contribution in [-0.2, 0) is 0 Å². The van der Waals surface area contributed by atoms with E-state index in [2.05, 4.69) is 31.8 Å². The number of halogens is 1. The maximum atomic E-state index is 12.9. The summed E-state index contributed by atoms with van der Waals surface area (Å²) in [5.74, 6) is 1.51. The van der Waals surface area contributed by atoms with Crippen LogP contribution in [0.3, 0.4) is 0 Å². The first-order chi connectivity index (χ1) is 11.6. The Morgan fingerprint density at radius 3 is 2.79 bits per heavy atom. The fourth-order valence-corrected chi connectivity index (χ4v) is 3.74. The third-order valence-corrected chi connectivity index (χ3v) is 4.99. The summed E-state index contributed by atoms with van der Waals surface area (Å²) in [6.45, 7) is 3.46. The zero-order valence-electron chi connectivity index (χ0n) is 13.6. The highest BCUT2D eigenvalue weighted by molar-refractivity contribution is 5.38. The van der Waals surface area contributed by atoms with Crippen molar-refractivity contribution in [1.29, 1.82) is 0 Å². The normalized spacial score (nSPS) is 22.6. The Hall–Kier alpha value is -2.28. The zero-order chi connectivity index (χ0) is 16.6. The highest BCUT2D eigenvalue weighted by Gasteiger charge is 2.52. The summed E-state index contributed by atoms with van der Waals surface area (Å²) in [6, 6.07) is 3.81. The fraction of sp³-hybridized carbons (Fsp3) is 0.471. The van der Waals surface area contributed by atoms with Crippen LogP contribution in [0.4, 0.5) is 10.3 Å². The van der Waals surface area contributed by atoms with E-state index in [0.717, 1.165) is 31.8 Å². The molecule has 126 valence electrons. The number of hydrogen-bond donors (Lipinski definition) is 0. The van der Waals surface area contributed by atoms with Crippen LogP contribution in [0.25, 0.3) is 0 Å². The summed E-state index contributed by atoms with van der Waals surface area (Å²) in [5, 5.41) is 0. The van der Waals surface area contributed by atoms with Gasteiger partial charge in [-0.15, -0.1) is 0 Å². The molecule has 0 radical (unpaired) electrons. The van der Waals surface area contributed by atoms with Crippen LogP contribution in [0.2, 0.25) is 0 Å². The van der Waals surface area contributed by atoms with E-state index < -0.39 is 5.82 Å². The molecule has 24 heavy (non-hydrogen) atoms. The molecule has 2 aliphatic rings. The number of likely N-dealkylation sites (tertiary alicyclic amines) is 1. The summed E-state index contributed by atoms with van der Waals surface area (Å²) in [7, 11) is 2.16. The molecule has 2 saturated heterocycles. The van der Waals surface area contributed by atoms with Crippen LogP contribution < -0.4 is 9.64 Å². The number of ether oxygens (including phenoxy) is 1. The standard InChI is InChI=1S/C17H20FN5O/c1-22-9-13(10-24-15-3-2-4-19-8-15)5-17(22)11-23(12-17)16-20-6-14(18)7-21-16/h2-4,6-8,13H,5,9-12H2,1H3/t13-/m1/s1. The molecule has 1 spiro atoms. The zero-order valence-corrected chi connectivity index (χ0v) is 13.6. The predicted octanol–water partition coefficient (Wildman–Crippen LogP) is 1.60. The molecule has 0 bridgehead atoms. The molecule has 4 rings (SSSR count). The molecule has 2 aromatic rings. The van der Waals surface area contributed by atoms with Gasteiger partial charge in [0.1, 0.15) is 5.75 Å². The molecule has 6 nitrogen and oxygen atoms in total. The summed E-state index contributed by atoms with van der Waals surface area (Å²) in [4.78, 5) is 16.7. The third-order valence-electron chi connectivity index (χ3n) is 4.99. The minimum Gasteiger partial charge on any atom is -0.492 e. The van der Waals surface area contributed by atoms with Crippen LogP contribution in [0.15, 0.2) is 36.9 Å². The third kappa shape index (κ3) is 2.80. The molecule has 2 aromatic heterocycles. The lowest BCUT2D eigenvalue weighted by molar-refractivity contribution is 0.131. The quantitative estimate of drug-likeness (QED) is 0.849. The van der Waals surface area contributed by atoms with Crippen LogP contribution in [0.1, 0.15) is 6.42 Å². The summed E-state index contributed by atoms with van der Waals surface area (Å²) >= 11 is 0. The predicted molar refractivity (Wildman–Crippen MR) is 87.4 cm³/mol. The first kappa shape index (κ1) is 15.3. The number of pyridine rings is 1. The number of anilines is 1. The van der Waals surface area contributed by atoms with Gasteiger partial charge in [-0.3, -0.25) is 9.88 Å². The van der Waals surface area contributed by atoms with E-state index >= 15 is 0 Å². The molecule has 1 atom stereocenters. The molecule has 0 amide bonds. The lowest BCUT2D eigenvalue weighted by atomic mass is 9.85. The number of nitrogens with zero attached hydrogens (tertiary/aromatic N) is 5. The molecule has 0 N–H and O–H groups in total. The Morgan fingerprint density at radius 2 is 2.08 bits per heavy atom. The number of aromatic nitrogens is 3. The largest absolute Gasteiger partial charge is 0.492 e. The smallest absolute Gasteiger partial charge is 0.225 e. The molecule has 4 heterocycles. The average Bonchev–Trinajstić information content (AvgIpc) is 2.90. The van der Waals surface area contributed by atoms with Crippen molar-refractivity contribution in [3.63, 3.8) is 0 Å². The van der Waals surface area contributed by atoms with E-state index in [1.807, 2.05) is 12.1 Å². The lowest BCUT2D eigenvalue weighted by Crippen LogP contribution is -2.67. The van der Waals surface area contributed by atoms with E-state index in [4.69, 9.17) is 4.74 Å². The molecule has 7 heteroatoms. The second kappa shape index (κ2) is 5.98. The first-order valence-electron chi connectivity index (χ1n) is 8.11. The first-order valence-corrected chi connectivity index (χ1v) is 8.11. The minimum absolute atomic E-state index is 0.153. The van der Waals surface area contributed by atoms with E-state index in [9.17, 15) is 4.39 Å². The van der Waals surface area contributed by atoms with Crippen molar-refractivity contribution in [2.24, 2.45) is 5.92 Å². The summed E-state index contributed by atoms with van der Waals surface area (Å²) in [6.07, 6.45) is 7.00. The molecular weight excluding hydrogens is 309 g/mol. The van der Waals surface area contributed by atoms with E-state index in [1.165, 1.54) is 12.4 Å². The molecule has 2 aliphatic heterocycles. The fourth-order valence-electron chi connectivity index (χ4n) is 3.74. The molecule has 0 saturated carbocycles. The second-order valence-electron chi connectivity index (χ2n) is 6.73. The molecule has 2 fully saturated rings. The van der Waals surface area contributed by atoms with Gasteiger partial charge in [0.25, 0.3) is 0 Å². The van der Waals surface area contributed by atoms with Crippen LogP contribution in [0.5, 0.6) is 5.75 Å². The van der Waals surface area contributed by atoms with Crippen LogP contribution >= 0.6 is 0 Å². The van der Waals surface area contributed by atoms with Gasteiger partial charge in [-0.25, -0.2) is 14.4 Å². The van der Waals surface area contributed by atoms with Crippen LogP contribution in [-0.4, -0.2) is 58.7 Å². The van der Waals surface area contributed by atoms with E-state index in [0.29, 0.717) is 18.5 Å². The van der Waals surface area contributed by atoms with Gasteiger partial charge in [0.15, 0.2) is 5.82 Å². The Morgan fingerprint density at radius 1 is 1.29 bits per heavy atom. The van der Waals surface area contributed by atoms with Gasteiger partial charge in [-0.1, -0.05) is 0 Å². The van der Waals surface area contributed by atoms with Gasteiger partial charge in [0, 0.05) is 31.7 Å². The highest BCUT2D eigenvalue weighted by atomic mass is 19.1. The Balaban J connectivity index is 1.34. The van der Waals surface area contributed by atoms with Gasteiger partial charge in [0.2, 0.25) is 5.95 Å². The monoisotopic (exact) mass is 329 g/mol. The summed E-state index contributed by atoms with van der Waals surface area (Å²) in [5.41, 5.74) is 0.153. The molecule has 0 aromatic carbocycles. The number of hydrogen-bond acceptors (Lipinski definition) is 6. The van der Waals surface area contributed by atoms with Gasteiger partial charge >= 0.3 is 0 Å². The SMILES string of the molecule is CN1C[C@H](COc2cccnc2)CC12CN(c1ncc(F)cn1)C2. The maximum Gasteiger partial charge on any atom is 0.225 e. The number of likely N-dealkylation sites (N-methyl/N-ethyl adjacent to an activating group) is 1. The maximum absolute atomic E-state index is 12.9. The second-order valence-corrected chi connectivity index (χ2v) is 6.73. The van der Waals surface area contributed by atoms with Crippen molar-refractivity contribution < 1.29 is 9.13 Å². The molecular formula is C17H20FN5O. The number of rotatable bonds is 4. The van der Waals surface area contributed by atoms with Crippen molar-refractivity contribution >= 4 is 5.95 Å². The van der Waals surface area contributed by atoms with Crippen molar-refractivity contribution in [3.05, 3.63) is 42.7 Å². The van der Waals surface area contributed by atoms with Gasteiger partial charge < -0.3 is 9.64 Å². The topological polar surface area (TPSA) is 54.4 Å². The van der Waals surface area contributed by atoms with Gasteiger partial charge in [-0.2, -0.15) is 0 Å². The van der Waals surface area contributed by atoms with Gasteiger partial charge in [0.05, 0.1) is 30.7 Å². The Bertz CT molecular complexity index is 690. The lowest BCUT2D eigenvalue weighted by Gasteiger charge is -2.51. The Labute approximate surface area is 140 Å². The van der Waals surface area contributed by atoms with E-state index in [-0.39, 0.29) is 5.54 Å². The highest BCUT2D eigenvalue weighted by Crippen LogP contribution is 2.40. The minimum atomic E-state index is -0.403. The van der Waals surface area contributed by atoms with Crippen molar-refractivity contribution in [1.82, 2.24) is 19.9 Å². The summed E-state index contributed by atoms with van der Waals surface area (Å²) < 4.78 is 18.8. The van der Waals surface area contributed by atoms with E-state index in [1.54, 1.807) is 12.4 Å². The van der Waals surface area contributed by atoms with Gasteiger partial charge in [-0.05, 0) is 25.6 Å². The van der Waals surface area contributed by atoms with Crippen molar-refractivity contribution in [3.8, 4) is 5.75 Å². The Kier molecular flexibility index (Phi) is 3.80.